The maximum atomic E-state index is 13.5. The van der Waals surface area contributed by atoms with Crippen LogP contribution in [0.1, 0.15) is 290 Å². The van der Waals surface area contributed by atoms with Crippen LogP contribution >= 0.6 is 0 Å². The lowest BCUT2D eigenvalue weighted by Crippen LogP contribution is -2.66. The molecule has 12 N–H and O–H groups in total. The molecule has 0 spiro atoms. The Morgan fingerprint density at radius 2 is 0.673 bits per heavy atom. The maximum absolute atomic E-state index is 13.5. The van der Waals surface area contributed by atoms with Crippen LogP contribution in [0, 0.1) is 0 Å². The number of hydrogen-bond acceptors (Lipinski definition) is 18. The zero-order chi connectivity index (χ0) is 75.3. The number of unbranched alkanes of at least 4 members (excludes halogenated alkanes) is 32. The third-order valence-corrected chi connectivity index (χ3v) is 19.8. The van der Waals surface area contributed by atoms with Gasteiger partial charge in [-0.25, -0.2) is 0 Å². The van der Waals surface area contributed by atoms with Crippen LogP contribution in [0.3, 0.4) is 0 Å². The quantitative estimate of drug-likeness (QED) is 0.0199. The first-order valence-electron chi connectivity index (χ1n) is 41.1. The van der Waals surface area contributed by atoms with Crippen LogP contribution in [0.5, 0.6) is 0 Å². The molecule has 1 amide bonds. The number of rotatable bonds is 64. The number of aliphatic hydroxyl groups excluding tert-OH is 11. The maximum Gasteiger partial charge on any atom is 0.220 e. The molecule has 19 nitrogen and oxygen atoms in total. The van der Waals surface area contributed by atoms with Gasteiger partial charge in [0.25, 0.3) is 0 Å². The summed E-state index contributed by atoms with van der Waals surface area (Å²) in [4.78, 5) is 13.5. The molecular formula is C85H147NO18. The van der Waals surface area contributed by atoms with E-state index in [1.165, 1.54) is 161 Å². The summed E-state index contributed by atoms with van der Waals surface area (Å²) in [5.41, 5.74) is 0. The molecule has 3 rings (SSSR count). The van der Waals surface area contributed by atoms with Gasteiger partial charge in [-0.15, -0.1) is 0 Å². The van der Waals surface area contributed by atoms with Crippen LogP contribution in [-0.4, -0.2) is 193 Å². The van der Waals surface area contributed by atoms with Crippen LogP contribution < -0.4 is 5.32 Å². The summed E-state index contributed by atoms with van der Waals surface area (Å²) in [5, 5.41) is 121. The molecule has 17 atom stereocenters. The molecule has 0 saturated carbocycles. The van der Waals surface area contributed by atoms with E-state index in [4.69, 9.17) is 28.4 Å². The highest BCUT2D eigenvalue weighted by atomic mass is 16.8. The van der Waals surface area contributed by atoms with Crippen molar-refractivity contribution in [2.24, 2.45) is 0 Å². The van der Waals surface area contributed by atoms with Crippen LogP contribution in [0.2, 0.25) is 0 Å². The Kier molecular flexibility index (Phi) is 58.5. The molecule has 19 heteroatoms. The van der Waals surface area contributed by atoms with E-state index in [9.17, 15) is 61.0 Å². The fourth-order valence-corrected chi connectivity index (χ4v) is 13.2. The number of amides is 1. The van der Waals surface area contributed by atoms with Crippen molar-refractivity contribution < 1.29 is 89.4 Å². The number of allylic oxidation sites excluding steroid dienone is 17. The fraction of sp³-hybridized carbons (Fsp3) is 0.776. The Labute approximate surface area is 627 Å². The summed E-state index contributed by atoms with van der Waals surface area (Å²) < 4.78 is 34.4. The number of aliphatic hydroxyl groups is 11. The first kappa shape index (κ1) is 94.7. The molecule has 0 aliphatic carbocycles. The Morgan fingerprint density at radius 3 is 1.08 bits per heavy atom. The summed E-state index contributed by atoms with van der Waals surface area (Å²) in [6.07, 6.45) is 62.2. The molecule has 3 saturated heterocycles. The third kappa shape index (κ3) is 43.6. The summed E-state index contributed by atoms with van der Waals surface area (Å²) in [5.74, 6) is -0.292. The molecule has 104 heavy (non-hydrogen) atoms. The van der Waals surface area contributed by atoms with E-state index in [2.05, 4.69) is 116 Å². The van der Waals surface area contributed by atoms with Gasteiger partial charge in [-0.1, -0.05) is 297 Å². The van der Waals surface area contributed by atoms with E-state index >= 15 is 0 Å². The van der Waals surface area contributed by atoms with Crippen molar-refractivity contribution in [3.8, 4) is 0 Å². The number of nitrogens with one attached hydrogen (secondary N) is 1. The molecule has 0 aromatic carbocycles. The van der Waals surface area contributed by atoms with E-state index in [1.807, 2.05) is 6.08 Å². The molecule has 0 aromatic heterocycles. The summed E-state index contributed by atoms with van der Waals surface area (Å²) in [6, 6.07) is -1.00. The third-order valence-electron chi connectivity index (χ3n) is 19.8. The van der Waals surface area contributed by atoms with Gasteiger partial charge in [0.2, 0.25) is 5.91 Å². The van der Waals surface area contributed by atoms with Gasteiger partial charge in [0.1, 0.15) is 73.2 Å². The largest absolute Gasteiger partial charge is 0.394 e. The molecule has 0 aromatic rings. The predicted molar refractivity (Wildman–Crippen MR) is 415 cm³/mol. The van der Waals surface area contributed by atoms with Crippen molar-refractivity contribution in [3.63, 3.8) is 0 Å². The molecule has 0 bridgehead atoms. The Hall–Kier alpha value is -3.55. The lowest BCUT2D eigenvalue weighted by atomic mass is 9.96. The second-order valence-electron chi connectivity index (χ2n) is 28.8. The number of carbonyl (C=O) groups is 1. The molecule has 0 radical (unpaired) electrons. The molecule has 3 fully saturated rings. The lowest BCUT2D eigenvalue weighted by Gasteiger charge is -2.48. The van der Waals surface area contributed by atoms with E-state index < -0.39 is 124 Å². The van der Waals surface area contributed by atoms with Crippen LogP contribution in [0.4, 0.5) is 0 Å². The van der Waals surface area contributed by atoms with Crippen LogP contribution in [0.25, 0.3) is 0 Å². The van der Waals surface area contributed by atoms with Crippen molar-refractivity contribution >= 4 is 5.91 Å². The minimum atomic E-state index is -1.99. The average molecular weight is 1470 g/mol. The van der Waals surface area contributed by atoms with Gasteiger partial charge in [0.15, 0.2) is 18.9 Å². The monoisotopic (exact) mass is 1470 g/mol. The second kappa shape index (κ2) is 64.3. The molecule has 3 aliphatic heterocycles. The standard InChI is InChI=1S/C85H147NO18/c1-3-5-7-9-11-13-15-17-19-21-23-25-27-29-31-32-33-34-35-36-37-39-41-43-45-47-49-51-53-55-57-59-61-63-73(91)86-68(69(90)62-60-58-56-54-52-50-48-46-44-42-40-38-30-28-26-24-22-20-18-16-14-12-10-8-6-4-2)67-99-83-79(97)76(94)81(71(65-88)101-83)104-85-80(98)77(95)82(72(66-89)102-85)103-84-78(96)75(93)74(92)70(64-87)100-84/h5,7,11,13,17,19,23,25,29,31,33-34,44,46,52,54,60,62,68-72,74-85,87-90,92-98H,3-4,6,8-10,12,14-16,18,20-22,24,26-28,30,32,35-43,45,47-51,53,55-59,61,63-67H2,1-2H3,(H,86,91)/b7-5-,13-11-,19-17-,25-23-,31-29-,34-33-,46-44+,54-52+,62-60+. The smallest absolute Gasteiger partial charge is 0.220 e. The van der Waals surface area contributed by atoms with Gasteiger partial charge in [-0.2, -0.15) is 0 Å². The van der Waals surface area contributed by atoms with Crippen molar-refractivity contribution in [2.45, 2.75) is 394 Å². The molecule has 17 unspecified atom stereocenters. The lowest BCUT2D eigenvalue weighted by molar-refractivity contribution is -0.379. The fourth-order valence-electron chi connectivity index (χ4n) is 13.2. The highest BCUT2D eigenvalue weighted by Gasteiger charge is 2.54. The molecule has 3 heterocycles. The molecular weight excluding hydrogens is 1320 g/mol. The number of carbonyl (C=O) groups excluding carboxylic acids is 1. The summed E-state index contributed by atoms with van der Waals surface area (Å²) in [7, 11) is 0. The van der Waals surface area contributed by atoms with Gasteiger partial charge in [-0.05, 0) is 96.3 Å². The normalized spacial score (nSPS) is 26.5. The first-order valence-corrected chi connectivity index (χ1v) is 41.1. The van der Waals surface area contributed by atoms with E-state index in [0.717, 1.165) is 96.3 Å². The average Bonchev–Trinajstić information content (AvgIpc) is 0.783. The Morgan fingerprint density at radius 1 is 0.356 bits per heavy atom. The van der Waals surface area contributed by atoms with Gasteiger partial charge in [-0.3, -0.25) is 4.79 Å². The van der Waals surface area contributed by atoms with Gasteiger partial charge >= 0.3 is 0 Å². The van der Waals surface area contributed by atoms with Crippen molar-refractivity contribution in [1.29, 1.82) is 0 Å². The SMILES string of the molecule is CC/C=C\C/C=C\C/C=C\C/C=C\C/C=C\C/C=C\CCCCCCCCCCCCCCCCC(=O)NC(COC1OC(CO)C(OC2OC(CO)C(OC3OC(CO)C(O)C(O)C3O)C(O)C2O)C(O)C1O)C(O)/C=C/CC/C=C/CC/C=C/CCCCCCCCCCCCCCCCCC. The van der Waals surface area contributed by atoms with Gasteiger partial charge in [0.05, 0.1) is 38.6 Å². The van der Waals surface area contributed by atoms with Crippen molar-refractivity contribution in [2.75, 3.05) is 26.4 Å². The van der Waals surface area contributed by atoms with Crippen molar-refractivity contribution in [3.05, 3.63) is 109 Å². The zero-order valence-electron chi connectivity index (χ0n) is 64.2. The highest BCUT2D eigenvalue weighted by Crippen LogP contribution is 2.33. The van der Waals surface area contributed by atoms with Gasteiger partial charge in [0, 0.05) is 6.42 Å². The first-order chi connectivity index (χ1) is 50.8. The highest BCUT2D eigenvalue weighted by molar-refractivity contribution is 5.76. The molecule has 600 valence electrons. The summed E-state index contributed by atoms with van der Waals surface area (Å²) in [6.45, 7) is 1.62. The van der Waals surface area contributed by atoms with E-state index in [-0.39, 0.29) is 18.9 Å². The predicted octanol–water partition coefficient (Wildman–Crippen LogP) is 14.1. The topological polar surface area (TPSA) is 307 Å². The van der Waals surface area contributed by atoms with Gasteiger partial charge < -0.3 is 89.9 Å². The minimum Gasteiger partial charge on any atom is -0.394 e. The van der Waals surface area contributed by atoms with E-state index in [1.54, 1.807) is 6.08 Å². The zero-order valence-corrected chi connectivity index (χ0v) is 64.2. The molecule has 3 aliphatic rings. The summed E-state index contributed by atoms with van der Waals surface area (Å²) >= 11 is 0. The van der Waals surface area contributed by atoms with E-state index in [0.29, 0.717) is 12.8 Å². The Bertz CT molecular complexity index is 2300. The minimum absolute atomic E-state index is 0.226. The number of hydrogen-bond donors (Lipinski definition) is 12. The van der Waals surface area contributed by atoms with Crippen LogP contribution in [0.15, 0.2) is 109 Å². The number of ether oxygens (including phenoxy) is 6. The second-order valence-corrected chi connectivity index (χ2v) is 28.8. The van der Waals surface area contributed by atoms with Crippen LogP contribution in [-0.2, 0) is 33.2 Å². The Balaban J connectivity index is 1.38. The van der Waals surface area contributed by atoms with Crippen molar-refractivity contribution in [1.82, 2.24) is 5.32 Å².